The first-order valence-corrected chi connectivity index (χ1v) is 6.34. The molecular weight excluding hydrogens is 273 g/mol. The number of anilines is 2. The van der Waals surface area contributed by atoms with Crippen molar-refractivity contribution in [3.05, 3.63) is 53.1 Å². The van der Waals surface area contributed by atoms with Crippen LogP contribution in [0.25, 0.3) is 0 Å². The highest BCUT2D eigenvalue weighted by Crippen LogP contribution is 2.23. The van der Waals surface area contributed by atoms with Gasteiger partial charge in [-0.2, -0.15) is 0 Å². The van der Waals surface area contributed by atoms with Gasteiger partial charge in [0.05, 0.1) is 30.6 Å². The van der Waals surface area contributed by atoms with Crippen LogP contribution < -0.4 is 11.1 Å². The Hall–Kier alpha value is -2.63. The Balaban J connectivity index is 2.24. The monoisotopic (exact) mass is 289 g/mol. The maximum absolute atomic E-state index is 13.9. The number of carbonyl (C=O) groups is 1. The number of aryl methyl sites for hydroxylation is 1. The standard InChI is InChI=1S/C15H16FN3O2/c1-9-4-3-5-18-14(9)8-19-13-6-10(15(20)21-2)12(17)7-11(13)16/h3-7,19H,8,17H2,1-2H3. The highest BCUT2D eigenvalue weighted by molar-refractivity contribution is 5.96. The minimum atomic E-state index is -0.607. The fourth-order valence-corrected chi connectivity index (χ4v) is 1.89. The molecule has 0 atom stereocenters. The van der Waals surface area contributed by atoms with Crippen molar-refractivity contribution in [2.75, 3.05) is 18.2 Å². The smallest absolute Gasteiger partial charge is 0.340 e. The molecule has 5 nitrogen and oxygen atoms in total. The lowest BCUT2D eigenvalue weighted by molar-refractivity contribution is 0.0602. The van der Waals surface area contributed by atoms with Crippen molar-refractivity contribution in [2.45, 2.75) is 13.5 Å². The second-order valence-electron chi connectivity index (χ2n) is 4.53. The number of nitrogens with zero attached hydrogens (tertiary/aromatic N) is 1. The maximum atomic E-state index is 13.9. The van der Waals surface area contributed by atoms with Crippen molar-refractivity contribution < 1.29 is 13.9 Å². The number of hydrogen-bond acceptors (Lipinski definition) is 5. The van der Waals surface area contributed by atoms with Gasteiger partial charge < -0.3 is 15.8 Å². The number of nitrogens with one attached hydrogen (secondary N) is 1. The Bertz CT molecular complexity index is 674. The van der Waals surface area contributed by atoms with Gasteiger partial charge >= 0.3 is 5.97 Å². The highest BCUT2D eigenvalue weighted by Gasteiger charge is 2.14. The Kier molecular flexibility index (Phi) is 4.37. The number of methoxy groups -OCH3 is 1. The van der Waals surface area contributed by atoms with Gasteiger partial charge in [0.2, 0.25) is 0 Å². The maximum Gasteiger partial charge on any atom is 0.340 e. The molecule has 1 aromatic carbocycles. The van der Waals surface area contributed by atoms with Crippen LogP contribution in [0.2, 0.25) is 0 Å². The Morgan fingerprint density at radius 3 is 2.90 bits per heavy atom. The number of rotatable bonds is 4. The fraction of sp³-hybridized carbons (Fsp3) is 0.200. The van der Waals surface area contributed by atoms with Crippen LogP contribution >= 0.6 is 0 Å². The predicted octanol–water partition coefficient (Wildman–Crippen LogP) is 2.51. The summed E-state index contributed by atoms with van der Waals surface area (Å²) in [5, 5.41) is 2.92. The minimum Gasteiger partial charge on any atom is -0.465 e. The zero-order chi connectivity index (χ0) is 15.4. The minimum absolute atomic E-state index is 0.0407. The third-order valence-electron chi connectivity index (χ3n) is 3.11. The summed E-state index contributed by atoms with van der Waals surface area (Å²) in [5.74, 6) is -1.14. The van der Waals surface area contributed by atoms with Gasteiger partial charge in [0.25, 0.3) is 0 Å². The van der Waals surface area contributed by atoms with Gasteiger partial charge in [-0.3, -0.25) is 4.98 Å². The Labute approximate surface area is 121 Å². The van der Waals surface area contributed by atoms with Gasteiger partial charge in [-0.15, -0.1) is 0 Å². The number of nitrogens with two attached hydrogens (primary N) is 1. The van der Waals surface area contributed by atoms with Crippen LogP contribution in [-0.2, 0) is 11.3 Å². The molecule has 0 aliphatic rings. The molecule has 0 unspecified atom stereocenters. The molecule has 0 amide bonds. The zero-order valence-electron chi connectivity index (χ0n) is 11.8. The summed E-state index contributed by atoms with van der Waals surface area (Å²) < 4.78 is 18.5. The molecule has 0 bridgehead atoms. The van der Waals surface area contributed by atoms with Crippen molar-refractivity contribution in [3.63, 3.8) is 0 Å². The van der Waals surface area contributed by atoms with Gasteiger partial charge in [-0.25, -0.2) is 9.18 Å². The van der Waals surface area contributed by atoms with E-state index in [0.29, 0.717) is 6.54 Å². The predicted molar refractivity (Wildman–Crippen MR) is 78.5 cm³/mol. The SMILES string of the molecule is COC(=O)c1cc(NCc2ncccc2C)c(F)cc1N. The average molecular weight is 289 g/mol. The summed E-state index contributed by atoms with van der Waals surface area (Å²) in [5.41, 5.74) is 7.75. The molecule has 1 heterocycles. The number of benzene rings is 1. The fourth-order valence-electron chi connectivity index (χ4n) is 1.89. The topological polar surface area (TPSA) is 77.2 Å². The van der Waals surface area contributed by atoms with E-state index in [2.05, 4.69) is 15.0 Å². The van der Waals surface area contributed by atoms with Crippen LogP contribution in [-0.4, -0.2) is 18.1 Å². The number of hydrogen-bond donors (Lipinski definition) is 2. The summed E-state index contributed by atoms with van der Waals surface area (Å²) in [6.07, 6.45) is 1.67. The number of pyridine rings is 1. The average Bonchev–Trinajstić information content (AvgIpc) is 2.47. The first-order valence-electron chi connectivity index (χ1n) is 6.34. The van der Waals surface area contributed by atoms with E-state index < -0.39 is 11.8 Å². The number of esters is 1. The van der Waals surface area contributed by atoms with Crippen molar-refractivity contribution in [1.29, 1.82) is 0 Å². The molecule has 6 heteroatoms. The lowest BCUT2D eigenvalue weighted by Crippen LogP contribution is -2.10. The number of halogens is 1. The van der Waals surface area contributed by atoms with Crippen LogP contribution in [0.15, 0.2) is 30.5 Å². The van der Waals surface area contributed by atoms with Crippen molar-refractivity contribution in [3.8, 4) is 0 Å². The summed E-state index contributed by atoms with van der Waals surface area (Å²) in [7, 11) is 1.25. The van der Waals surface area contributed by atoms with E-state index in [1.54, 1.807) is 6.20 Å². The van der Waals surface area contributed by atoms with Crippen molar-refractivity contribution >= 4 is 17.3 Å². The van der Waals surface area contributed by atoms with Crippen molar-refractivity contribution in [2.24, 2.45) is 0 Å². The molecule has 0 fully saturated rings. The first-order chi connectivity index (χ1) is 10.0. The third-order valence-corrected chi connectivity index (χ3v) is 3.11. The normalized spacial score (nSPS) is 10.2. The van der Waals surface area contributed by atoms with Crippen LogP contribution in [0.3, 0.4) is 0 Å². The van der Waals surface area contributed by atoms with E-state index in [4.69, 9.17) is 5.73 Å². The quantitative estimate of drug-likeness (QED) is 0.668. The van der Waals surface area contributed by atoms with Crippen LogP contribution in [0.1, 0.15) is 21.6 Å². The third kappa shape index (κ3) is 3.28. The van der Waals surface area contributed by atoms with Gasteiger partial charge in [0, 0.05) is 11.9 Å². The van der Waals surface area contributed by atoms with Crippen LogP contribution in [0, 0.1) is 12.7 Å². The molecule has 0 radical (unpaired) electrons. The summed E-state index contributed by atoms with van der Waals surface area (Å²) in [6, 6.07) is 6.19. The van der Waals surface area contributed by atoms with Gasteiger partial charge in [0.15, 0.2) is 0 Å². The highest BCUT2D eigenvalue weighted by atomic mass is 19.1. The van der Waals surface area contributed by atoms with E-state index in [9.17, 15) is 9.18 Å². The molecule has 0 aliphatic carbocycles. The number of aromatic nitrogens is 1. The molecule has 2 rings (SSSR count). The molecule has 0 saturated heterocycles. The number of carbonyl (C=O) groups excluding carboxylic acids is 1. The molecule has 0 aliphatic heterocycles. The van der Waals surface area contributed by atoms with Crippen molar-refractivity contribution in [1.82, 2.24) is 4.98 Å². The Morgan fingerprint density at radius 2 is 2.24 bits per heavy atom. The molecule has 110 valence electrons. The van der Waals surface area contributed by atoms with E-state index >= 15 is 0 Å². The van der Waals surface area contributed by atoms with Gasteiger partial charge in [0.1, 0.15) is 5.82 Å². The molecule has 1 aromatic heterocycles. The molecule has 2 aromatic rings. The summed E-state index contributed by atoms with van der Waals surface area (Å²) in [4.78, 5) is 15.8. The van der Waals surface area contributed by atoms with Gasteiger partial charge in [-0.1, -0.05) is 6.07 Å². The van der Waals surface area contributed by atoms with E-state index in [1.807, 2.05) is 19.1 Å². The van der Waals surface area contributed by atoms with Crippen LogP contribution in [0.5, 0.6) is 0 Å². The summed E-state index contributed by atoms with van der Waals surface area (Å²) in [6.45, 7) is 2.26. The molecule has 0 saturated carbocycles. The van der Waals surface area contributed by atoms with E-state index in [0.717, 1.165) is 17.3 Å². The number of ether oxygens (including phenoxy) is 1. The largest absolute Gasteiger partial charge is 0.465 e. The Morgan fingerprint density at radius 1 is 1.48 bits per heavy atom. The molecule has 3 N–H and O–H groups in total. The second kappa shape index (κ2) is 6.21. The lowest BCUT2D eigenvalue weighted by Gasteiger charge is -2.11. The number of nitrogen functional groups attached to an aromatic ring is 1. The second-order valence-corrected chi connectivity index (χ2v) is 4.53. The summed E-state index contributed by atoms with van der Waals surface area (Å²) >= 11 is 0. The zero-order valence-corrected chi connectivity index (χ0v) is 11.8. The lowest BCUT2D eigenvalue weighted by atomic mass is 10.1. The molecule has 21 heavy (non-hydrogen) atoms. The van der Waals surface area contributed by atoms with E-state index in [-0.39, 0.29) is 16.9 Å². The van der Waals surface area contributed by atoms with E-state index in [1.165, 1.54) is 13.2 Å². The first kappa shape index (κ1) is 14.8. The van der Waals surface area contributed by atoms with Gasteiger partial charge in [-0.05, 0) is 30.7 Å². The molecular formula is C15H16FN3O2. The molecule has 0 spiro atoms. The van der Waals surface area contributed by atoms with Crippen LogP contribution in [0.4, 0.5) is 15.8 Å².